The molecule has 4 aromatic rings. The second kappa shape index (κ2) is 11.0. The first-order chi connectivity index (χ1) is 21.1. The maximum atomic E-state index is 14.9. The molecule has 0 N–H and O–H groups in total. The molecule has 232 valence electrons. The summed E-state index contributed by atoms with van der Waals surface area (Å²) in [6.45, 7) is 2.33. The van der Waals surface area contributed by atoms with Gasteiger partial charge < -0.3 is 23.6 Å². The van der Waals surface area contributed by atoms with Crippen molar-refractivity contribution in [2.45, 2.75) is 76.1 Å². The monoisotopic (exact) mass is 631 g/mol. The number of nitrogens with zero attached hydrogens (tertiary/aromatic N) is 3. The Morgan fingerprint density at radius 2 is 1.95 bits per heavy atom. The third kappa shape index (κ3) is 5.40. The Morgan fingerprint density at radius 3 is 2.68 bits per heavy atom. The normalized spacial score (nSPS) is 23.4. The zero-order valence-electron chi connectivity index (χ0n) is 23.9. The minimum atomic E-state index is -4.85. The van der Waals surface area contributed by atoms with Crippen molar-refractivity contribution < 1.29 is 41.1 Å². The van der Waals surface area contributed by atoms with Crippen LogP contribution in [0.4, 0.5) is 22.7 Å². The van der Waals surface area contributed by atoms with Crippen molar-refractivity contribution in [1.29, 1.82) is 0 Å². The molecule has 0 amide bonds. The molecule has 44 heavy (non-hydrogen) atoms. The van der Waals surface area contributed by atoms with Crippen molar-refractivity contribution in [2.24, 2.45) is 5.92 Å². The highest BCUT2D eigenvalue weighted by atomic mass is 32.1. The lowest BCUT2D eigenvalue weighted by Gasteiger charge is -2.39. The van der Waals surface area contributed by atoms with Gasteiger partial charge in [0.25, 0.3) is 0 Å². The van der Waals surface area contributed by atoms with E-state index in [4.69, 9.17) is 14.0 Å². The molecule has 0 spiro atoms. The number of benzene rings is 2. The second-order valence-corrected chi connectivity index (χ2v) is 12.7. The highest BCUT2D eigenvalue weighted by Crippen LogP contribution is 2.48. The lowest BCUT2D eigenvalue weighted by Crippen LogP contribution is -2.46. The number of carbonyl (C=O) groups is 1. The van der Waals surface area contributed by atoms with E-state index in [2.05, 4.69) is 26.7 Å². The first-order valence-electron chi connectivity index (χ1n) is 14.5. The van der Waals surface area contributed by atoms with E-state index < -0.39 is 18.1 Å². The molecule has 2 aromatic carbocycles. The molecule has 3 unspecified atom stereocenters. The van der Waals surface area contributed by atoms with Crippen LogP contribution in [0, 0.1) is 11.7 Å². The zero-order valence-corrected chi connectivity index (χ0v) is 24.7. The van der Waals surface area contributed by atoms with E-state index in [-0.39, 0.29) is 53.1 Å². The van der Waals surface area contributed by atoms with Crippen LogP contribution < -0.4 is 9.64 Å². The maximum Gasteiger partial charge on any atom is 0.573 e. The molecule has 2 saturated heterocycles. The van der Waals surface area contributed by atoms with Gasteiger partial charge in [-0.15, -0.1) is 13.2 Å². The summed E-state index contributed by atoms with van der Waals surface area (Å²) in [4.78, 5) is 18.9. The Labute approximate surface area is 253 Å². The van der Waals surface area contributed by atoms with Gasteiger partial charge in [-0.2, -0.15) is 0 Å². The summed E-state index contributed by atoms with van der Waals surface area (Å²) in [6.07, 6.45) is -0.780. The standard InChI is InChI=1S/C31H29F4N3O5S/c1-15-9-18-12-19(13-23(15)38(18)30-36-27-22(32)10-17(29(39)40-2)11-25(27)44-30)41-14-21-26(37-43-28(21)16-7-8-16)20-5-3-4-6-24(20)42-31(33,34)35/h3-6,10-11,15-16,18-19,23H,7-9,12-14H2,1-2H3/t15-,18?,19?,23?/m1/s1. The minimum absolute atomic E-state index is 0.105. The zero-order chi connectivity index (χ0) is 30.7. The van der Waals surface area contributed by atoms with Gasteiger partial charge in [-0.3, -0.25) is 0 Å². The summed E-state index contributed by atoms with van der Waals surface area (Å²) in [5.74, 6) is -0.355. The quantitative estimate of drug-likeness (QED) is 0.145. The first-order valence-corrected chi connectivity index (χ1v) is 15.3. The lowest BCUT2D eigenvalue weighted by atomic mass is 9.97. The Hall–Kier alpha value is -3.71. The SMILES string of the molecule is COC(=O)c1cc(F)c2nc(N3C4CC(OCc5c(-c6ccccc6OC(F)(F)F)noc5C5CC5)CC3[C@H](C)C4)sc2c1. The van der Waals surface area contributed by atoms with Gasteiger partial charge in [-0.1, -0.05) is 35.5 Å². The van der Waals surface area contributed by atoms with Gasteiger partial charge in [0.1, 0.15) is 22.7 Å². The van der Waals surface area contributed by atoms with Crippen LogP contribution in [0.1, 0.15) is 66.6 Å². The average Bonchev–Trinajstić information content (AvgIpc) is 3.53. The Kier molecular flexibility index (Phi) is 7.27. The number of piperidine rings is 1. The molecule has 2 bridgehead atoms. The second-order valence-electron chi connectivity index (χ2n) is 11.7. The predicted octanol–water partition coefficient (Wildman–Crippen LogP) is 7.62. The fourth-order valence-corrected chi connectivity index (χ4v) is 7.79. The number of fused-ring (bicyclic) bond motifs is 3. The van der Waals surface area contributed by atoms with Gasteiger partial charge in [0.2, 0.25) is 0 Å². The van der Waals surface area contributed by atoms with E-state index in [9.17, 15) is 22.4 Å². The Morgan fingerprint density at radius 1 is 1.16 bits per heavy atom. The van der Waals surface area contributed by atoms with Gasteiger partial charge in [-0.05, 0) is 62.3 Å². The molecule has 4 atom stereocenters. The molecule has 4 heterocycles. The van der Waals surface area contributed by atoms with E-state index in [1.807, 2.05) is 0 Å². The number of carbonyl (C=O) groups excluding carboxylic acids is 1. The third-order valence-electron chi connectivity index (χ3n) is 8.77. The smallest absolute Gasteiger partial charge is 0.465 e. The van der Waals surface area contributed by atoms with Gasteiger partial charge in [0, 0.05) is 29.1 Å². The highest BCUT2D eigenvalue weighted by molar-refractivity contribution is 7.22. The number of esters is 1. The highest BCUT2D eigenvalue weighted by Gasteiger charge is 2.47. The fourth-order valence-electron chi connectivity index (χ4n) is 6.64. The van der Waals surface area contributed by atoms with Crippen molar-refractivity contribution in [3.05, 3.63) is 59.1 Å². The summed E-state index contributed by atoms with van der Waals surface area (Å²) in [5.41, 5.74) is 1.51. The van der Waals surface area contributed by atoms with Crippen molar-refractivity contribution in [2.75, 3.05) is 12.0 Å². The number of methoxy groups -OCH3 is 1. The van der Waals surface area contributed by atoms with Crippen LogP contribution in [0.25, 0.3) is 21.5 Å². The van der Waals surface area contributed by atoms with Crippen LogP contribution in [-0.2, 0) is 16.1 Å². The van der Waals surface area contributed by atoms with E-state index >= 15 is 0 Å². The molecule has 7 rings (SSSR count). The van der Waals surface area contributed by atoms with Crippen molar-refractivity contribution in [3.8, 4) is 17.0 Å². The molecule has 2 aliphatic heterocycles. The van der Waals surface area contributed by atoms with Gasteiger partial charge in [0.05, 0.1) is 30.1 Å². The van der Waals surface area contributed by atoms with Crippen LogP contribution in [0.15, 0.2) is 40.9 Å². The lowest BCUT2D eigenvalue weighted by molar-refractivity contribution is -0.274. The molecule has 8 nitrogen and oxygen atoms in total. The topological polar surface area (TPSA) is 86.9 Å². The van der Waals surface area contributed by atoms with Crippen LogP contribution >= 0.6 is 11.3 Å². The minimum Gasteiger partial charge on any atom is -0.465 e. The van der Waals surface area contributed by atoms with Crippen LogP contribution in [0.2, 0.25) is 0 Å². The molecule has 1 aliphatic carbocycles. The van der Waals surface area contributed by atoms with Crippen molar-refractivity contribution in [1.82, 2.24) is 10.1 Å². The van der Waals surface area contributed by atoms with Crippen LogP contribution in [0.3, 0.4) is 0 Å². The Bertz CT molecular complexity index is 1720. The van der Waals surface area contributed by atoms with E-state index in [1.165, 1.54) is 36.6 Å². The van der Waals surface area contributed by atoms with E-state index in [0.29, 0.717) is 45.6 Å². The molecule has 3 aliphatic rings. The maximum absolute atomic E-state index is 14.9. The van der Waals surface area contributed by atoms with E-state index in [1.54, 1.807) is 12.1 Å². The molecule has 3 fully saturated rings. The molecular weight excluding hydrogens is 602 g/mol. The number of thiazole rings is 1. The van der Waals surface area contributed by atoms with Crippen molar-refractivity contribution >= 4 is 32.7 Å². The Balaban J connectivity index is 1.12. The number of ether oxygens (including phenoxy) is 3. The molecule has 0 radical (unpaired) electrons. The molecular formula is C31H29F4N3O5S. The summed E-state index contributed by atoms with van der Waals surface area (Å²) in [5, 5.41) is 4.89. The molecule has 13 heteroatoms. The number of aromatic nitrogens is 2. The van der Waals surface area contributed by atoms with Gasteiger partial charge >= 0.3 is 12.3 Å². The molecule has 2 aromatic heterocycles. The summed E-state index contributed by atoms with van der Waals surface area (Å²) in [6, 6.07) is 8.89. The number of para-hydroxylation sites is 1. The largest absolute Gasteiger partial charge is 0.573 e. The average molecular weight is 632 g/mol. The van der Waals surface area contributed by atoms with Gasteiger partial charge in [0.15, 0.2) is 10.9 Å². The summed E-state index contributed by atoms with van der Waals surface area (Å²) < 4.78 is 76.1. The molecule has 1 saturated carbocycles. The van der Waals surface area contributed by atoms with Crippen LogP contribution in [-0.4, -0.2) is 47.8 Å². The van der Waals surface area contributed by atoms with Gasteiger partial charge in [-0.25, -0.2) is 14.2 Å². The van der Waals surface area contributed by atoms with Crippen LogP contribution in [0.5, 0.6) is 5.75 Å². The first kappa shape index (κ1) is 29.0. The number of hydrogen-bond donors (Lipinski definition) is 0. The number of rotatable bonds is 8. The summed E-state index contributed by atoms with van der Waals surface area (Å²) in [7, 11) is 1.26. The fraction of sp³-hybridized carbons (Fsp3) is 0.452. The number of alkyl halides is 3. The number of hydrogen-bond acceptors (Lipinski definition) is 9. The number of anilines is 1. The number of halogens is 4. The third-order valence-corrected chi connectivity index (χ3v) is 9.78. The van der Waals surface area contributed by atoms with Crippen molar-refractivity contribution in [3.63, 3.8) is 0 Å². The van der Waals surface area contributed by atoms with E-state index in [0.717, 1.165) is 25.3 Å². The summed E-state index contributed by atoms with van der Waals surface area (Å²) >= 11 is 1.35. The predicted molar refractivity (Wildman–Crippen MR) is 153 cm³/mol.